The van der Waals surface area contributed by atoms with Crippen LogP contribution in [0.1, 0.15) is 18.1 Å². The highest BCUT2D eigenvalue weighted by Crippen LogP contribution is 2.34. The fourth-order valence-electron chi connectivity index (χ4n) is 2.42. The monoisotopic (exact) mass is 314 g/mol. The molecular weight excluding hydrogens is 296 g/mol. The molecule has 0 saturated heterocycles. The van der Waals surface area contributed by atoms with Gasteiger partial charge in [0.05, 0.1) is 11.9 Å². The zero-order chi connectivity index (χ0) is 15.5. The van der Waals surface area contributed by atoms with Gasteiger partial charge in [0.15, 0.2) is 23.4 Å². The first-order valence-corrected chi connectivity index (χ1v) is 8.23. The molecule has 1 unspecified atom stereocenters. The van der Waals surface area contributed by atoms with Gasteiger partial charge in [0.25, 0.3) is 0 Å². The molecule has 0 bridgehead atoms. The number of carbonyl (C=O) groups excluding carboxylic acids is 1. The first-order chi connectivity index (χ1) is 10.7. The van der Waals surface area contributed by atoms with E-state index in [0.29, 0.717) is 6.54 Å². The topological polar surface area (TPSA) is 58.1 Å². The molecule has 1 aliphatic rings. The predicted octanol–water partition coefficient (Wildman–Crippen LogP) is 2.85. The van der Waals surface area contributed by atoms with Crippen LogP contribution in [0.2, 0.25) is 0 Å². The summed E-state index contributed by atoms with van der Waals surface area (Å²) in [5, 5.41) is 3.90. The van der Waals surface area contributed by atoms with Gasteiger partial charge in [-0.1, -0.05) is 48.5 Å². The third-order valence-corrected chi connectivity index (χ3v) is 4.28. The number of fused-ring (bicyclic) bond motifs is 1. The number of benzene rings is 1. The summed E-state index contributed by atoms with van der Waals surface area (Å²) < 4.78 is 0. The molecule has 22 heavy (non-hydrogen) atoms. The Hall–Kier alpha value is -2.08. The number of aromatic nitrogens is 2. The van der Waals surface area contributed by atoms with Crippen LogP contribution in [0.15, 0.2) is 35.6 Å². The van der Waals surface area contributed by atoms with Gasteiger partial charge >= 0.3 is 0 Å². The van der Waals surface area contributed by atoms with Crippen LogP contribution in [0, 0.1) is 6.92 Å². The third-order valence-electron chi connectivity index (χ3n) is 3.53. The van der Waals surface area contributed by atoms with Crippen LogP contribution >= 0.6 is 11.8 Å². The zero-order valence-electron chi connectivity index (χ0n) is 12.6. The molecule has 114 valence electrons. The lowest BCUT2D eigenvalue weighted by molar-refractivity contribution is -0.108. The van der Waals surface area contributed by atoms with Crippen LogP contribution in [0.3, 0.4) is 0 Å². The molecule has 0 radical (unpaired) electrons. The Bertz CT molecular complexity index is 674. The summed E-state index contributed by atoms with van der Waals surface area (Å²) in [4.78, 5) is 22.3. The van der Waals surface area contributed by atoms with Gasteiger partial charge < -0.3 is 10.2 Å². The molecule has 1 N–H and O–H groups in total. The summed E-state index contributed by atoms with van der Waals surface area (Å²) >= 11 is 1.60. The van der Waals surface area contributed by atoms with Gasteiger partial charge in [0, 0.05) is 6.54 Å². The quantitative estimate of drug-likeness (QED) is 0.520. The number of carbonyl (C=O) groups is 1. The Morgan fingerprint density at radius 3 is 2.82 bits per heavy atom. The fourth-order valence-corrected chi connectivity index (χ4v) is 2.95. The first kappa shape index (κ1) is 14.8. The fraction of sp³-hybridized carbons (Fsp3) is 0.312. The van der Waals surface area contributed by atoms with Crippen LogP contribution in [0.25, 0.3) is 0 Å². The van der Waals surface area contributed by atoms with Crippen LogP contribution in [-0.4, -0.2) is 28.2 Å². The second-order valence-electron chi connectivity index (χ2n) is 5.16. The average molecular weight is 314 g/mol. The molecule has 0 saturated carbocycles. The van der Waals surface area contributed by atoms with E-state index in [9.17, 15) is 4.79 Å². The maximum atomic E-state index is 11.4. The summed E-state index contributed by atoms with van der Waals surface area (Å²) in [5.41, 5.74) is 3.18. The largest absolute Gasteiger partial charge is 0.355 e. The van der Waals surface area contributed by atoms with Crippen molar-refractivity contribution in [2.24, 2.45) is 0 Å². The molecule has 1 atom stereocenters. The molecule has 1 aliphatic heterocycles. The normalized spacial score (nSPS) is 16.3. The zero-order valence-corrected chi connectivity index (χ0v) is 13.4. The minimum Gasteiger partial charge on any atom is -0.355 e. The Morgan fingerprint density at radius 1 is 1.36 bits per heavy atom. The van der Waals surface area contributed by atoms with Crippen molar-refractivity contribution >= 4 is 29.6 Å². The summed E-state index contributed by atoms with van der Waals surface area (Å²) in [7, 11) is 0. The minimum atomic E-state index is -0.396. The molecule has 1 aromatic heterocycles. The van der Waals surface area contributed by atoms with E-state index >= 15 is 0 Å². The lowest BCUT2D eigenvalue weighted by Crippen LogP contribution is -2.36. The van der Waals surface area contributed by atoms with Crippen molar-refractivity contribution < 1.29 is 4.79 Å². The molecule has 2 heterocycles. The van der Waals surface area contributed by atoms with Crippen LogP contribution < -0.4 is 10.2 Å². The summed E-state index contributed by atoms with van der Waals surface area (Å²) in [5.74, 6) is 1.71. The molecule has 0 amide bonds. The second kappa shape index (κ2) is 6.36. The van der Waals surface area contributed by atoms with Gasteiger partial charge in [-0.15, -0.1) is 0 Å². The smallest absolute Gasteiger partial charge is 0.189 e. The maximum absolute atomic E-state index is 11.4. The number of nitrogens with zero attached hydrogens (tertiary/aromatic N) is 3. The van der Waals surface area contributed by atoms with Crippen molar-refractivity contribution in [2.45, 2.75) is 31.7 Å². The summed E-state index contributed by atoms with van der Waals surface area (Å²) in [6, 6.07) is 8.32. The van der Waals surface area contributed by atoms with E-state index in [0.717, 1.165) is 34.3 Å². The number of thioether (sulfide) groups is 1. The molecule has 6 heteroatoms. The average Bonchev–Trinajstić information content (AvgIpc) is 2.87. The molecule has 3 rings (SSSR count). The number of nitrogens with one attached hydrogen (secondary N) is 1. The van der Waals surface area contributed by atoms with E-state index in [2.05, 4.69) is 53.4 Å². The number of hydrogen-bond acceptors (Lipinski definition) is 6. The Kier molecular flexibility index (Phi) is 4.29. The van der Waals surface area contributed by atoms with Gasteiger partial charge in [-0.25, -0.2) is 9.97 Å². The van der Waals surface area contributed by atoms with E-state index in [4.69, 9.17) is 0 Å². The third kappa shape index (κ3) is 2.92. The molecule has 0 fully saturated rings. The number of anilines is 2. The maximum Gasteiger partial charge on any atom is 0.189 e. The highest BCUT2D eigenvalue weighted by Gasteiger charge is 2.30. The van der Waals surface area contributed by atoms with Crippen LogP contribution in [0.5, 0.6) is 0 Å². The van der Waals surface area contributed by atoms with Gasteiger partial charge in [0.2, 0.25) is 0 Å². The lowest BCUT2D eigenvalue weighted by atomic mass is 10.1. The van der Waals surface area contributed by atoms with E-state index in [-0.39, 0.29) is 0 Å². The second-order valence-corrected chi connectivity index (χ2v) is 6.39. The van der Waals surface area contributed by atoms with Crippen LogP contribution in [-0.2, 0) is 11.3 Å². The lowest BCUT2D eigenvalue weighted by Gasteiger charge is -2.22. The summed E-state index contributed by atoms with van der Waals surface area (Å²) in [6.07, 6.45) is 2.27. The Morgan fingerprint density at radius 2 is 2.14 bits per heavy atom. The molecular formula is C16H18N4OS. The van der Waals surface area contributed by atoms with Crippen molar-refractivity contribution in [3.8, 4) is 0 Å². The number of hydrogen-bond donors (Lipinski definition) is 1. The van der Waals surface area contributed by atoms with E-state index in [1.165, 1.54) is 5.56 Å². The van der Waals surface area contributed by atoms with Crippen LogP contribution in [0.4, 0.5) is 11.5 Å². The molecule has 2 aromatic rings. The number of rotatable bonds is 5. The van der Waals surface area contributed by atoms with E-state index in [1.54, 1.807) is 18.0 Å². The van der Waals surface area contributed by atoms with Gasteiger partial charge in [-0.2, -0.15) is 0 Å². The highest BCUT2D eigenvalue weighted by atomic mass is 32.2. The van der Waals surface area contributed by atoms with E-state index in [1.807, 2.05) is 4.90 Å². The van der Waals surface area contributed by atoms with Gasteiger partial charge in [0.1, 0.15) is 0 Å². The molecule has 5 nitrogen and oxygen atoms in total. The highest BCUT2D eigenvalue weighted by molar-refractivity contribution is 7.99. The minimum absolute atomic E-state index is 0.396. The first-order valence-electron chi connectivity index (χ1n) is 7.25. The number of aldehydes is 1. The van der Waals surface area contributed by atoms with Crippen molar-refractivity contribution in [3.63, 3.8) is 0 Å². The van der Waals surface area contributed by atoms with Gasteiger partial charge in [-0.05, 0) is 18.2 Å². The SMILES string of the molecule is CCSc1ncc2c(n1)N(Cc1ccc(C)cc1)C(C=O)N2. The number of aryl methyl sites for hydroxylation is 1. The van der Waals surface area contributed by atoms with Crippen molar-refractivity contribution in [1.82, 2.24) is 9.97 Å². The summed E-state index contributed by atoms with van der Waals surface area (Å²) in [6.45, 7) is 4.76. The molecule has 1 aromatic carbocycles. The molecule has 0 spiro atoms. The van der Waals surface area contributed by atoms with Crippen molar-refractivity contribution in [2.75, 3.05) is 16.0 Å². The predicted molar refractivity (Wildman–Crippen MR) is 89.3 cm³/mol. The standard InChI is InChI=1S/C16H18N4OS/c1-3-22-16-17-8-13-15(19-16)20(14(10-21)18-13)9-12-6-4-11(2)5-7-12/h4-8,10,14,18H,3,9H2,1-2H3. The van der Waals surface area contributed by atoms with Crippen molar-refractivity contribution in [3.05, 3.63) is 41.6 Å². The van der Waals surface area contributed by atoms with E-state index < -0.39 is 6.17 Å². The Labute approximate surface area is 134 Å². The van der Waals surface area contributed by atoms with Crippen molar-refractivity contribution in [1.29, 1.82) is 0 Å². The Balaban J connectivity index is 1.90. The molecule has 0 aliphatic carbocycles. The van der Waals surface area contributed by atoms with Gasteiger partial charge in [-0.3, -0.25) is 4.79 Å².